The molecule has 0 spiro atoms. The Labute approximate surface area is 315 Å². The second-order valence-electron chi connectivity index (χ2n) is 14.3. The number of nitrogens with two attached hydrogens (primary N) is 2. The molecule has 2 saturated heterocycles. The van der Waals surface area contributed by atoms with Gasteiger partial charge in [0.25, 0.3) is 0 Å². The topological polar surface area (TPSA) is 255 Å². The van der Waals surface area contributed by atoms with Crippen LogP contribution in [0.25, 0.3) is 10.4 Å². The molecule has 10 N–H and O–H groups in total. The van der Waals surface area contributed by atoms with Crippen molar-refractivity contribution in [1.29, 1.82) is 0 Å². The van der Waals surface area contributed by atoms with Crippen molar-refractivity contribution in [1.82, 2.24) is 31.5 Å². The number of hydrogen-bond acceptors (Lipinski definition) is 11. The summed E-state index contributed by atoms with van der Waals surface area (Å²) in [5.41, 5.74) is 12.8. The van der Waals surface area contributed by atoms with Gasteiger partial charge in [0, 0.05) is 30.1 Å². The van der Waals surface area contributed by atoms with E-state index >= 15 is 0 Å². The van der Waals surface area contributed by atoms with E-state index in [0.717, 1.165) is 27.8 Å². The number of thiophene rings is 1. The molecule has 0 aliphatic carbocycles. The first-order chi connectivity index (χ1) is 24.9. The van der Waals surface area contributed by atoms with Crippen LogP contribution in [0.15, 0.2) is 35.7 Å². The van der Waals surface area contributed by atoms with E-state index in [1.54, 1.807) is 56.4 Å². The third-order valence-corrected chi connectivity index (χ3v) is 11.1. The van der Waals surface area contributed by atoms with E-state index < -0.39 is 89.1 Å². The van der Waals surface area contributed by atoms with E-state index in [9.17, 15) is 38.7 Å². The summed E-state index contributed by atoms with van der Waals surface area (Å²) in [4.78, 5) is 96.0. The molecule has 288 valence electrons. The van der Waals surface area contributed by atoms with Gasteiger partial charge in [0.15, 0.2) is 0 Å². The molecule has 2 fully saturated rings. The van der Waals surface area contributed by atoms with Gasteiger partial charge in [-0.2, -0.15) is 0 Å². The molecule has 2 aromatic rings. The van der Waals surface area contributed by atoms with Crippen molar-refractivity contribution in [2.75, 3.05) is 24.6 Å². The molecule has 3 heterocycles. The molecule has 18 heteroatoms. The number of benzene rings is 1. The number of hydrogen-bond donors (Lipinski definition) is 8. The zero-order chi connectivity index (χ0) is 39.2. The highest BCUT2D eigenvalue weighted by atomic mass is 32.2. The van der Waals surface area contributed by atoms with E-state index in [2.05, 4.69) is 26.6 Å². The van der Waals surface area contributed by atoms with Crippen LogP contribution in [0.3, 0.4) is 0 Å². The second-order valence-corrected chi connectivity index (χ2v) is 16.2. The summed E-state index contributed by atoms with van der Waals surface area (Å²) in [6, 6.07) is 1.45. The number of carbonyl (C=O) groups is 7. The quantitative estimate of drug-likeness (QED) is 0.189. The van der Waals surface area contributed by atoms with Gasteiger partial charge in [-0.05, 0) is 47.4 Å². The minimum Gasteiger partial charge on any atom is -0.391 e. The fourth-order valence-electron chi connectivity index (χ4n) is 5.98. The molecule has 16 nitrogen and oxygen atoms in total. The number of carbonyl (C=O) groups excluding carboxylic acids is 7. The summed E-state index contributed by atoms with van der Waals surface area (Å²) < 4.78 is 0. The standard InChI is InChI=1S/C35H48N8O8S2/c1-17-10-11-53-27(17)20-8-6-19(7-9-20)26-33(50)38-18(2)30(47)39-22(13-36)31(48)40-23(29(37)46)15-52-16-25(45)41-28(35(3,4)5)34(51)43-14-21(44)12-24(43)32(49)42-26/h6-11,18,21-24,26,28,44H,12-16,36H2,1-5H3,(H2,37,46)(H,38,50)(H,39,47)(H,40,48)(H,41,45)(H,42,49)/t18-,21+,22+,23+,24-,26?,28+/m0/s1. The molecule has 7 amide bonds. The predicted octanol–water partition coefficient (Wildman–Crippen LogP) is -0.961. The number of thioether (sulfide) groups is 1. The third-order valence-electron chi connectivity index (χ3n) is 9.00. The van der Waals surface area contributed by atoms with E-state index in [1.807, 2.05) is 18.4 Å². The summed E-state index contributed by atoms with van der Waals surface area (Å²) in [5.74, 6) is -5.52. The summed E-state index contributed by atoms with van der Waals surface area (Å²) >= 11 is 2.52. The monoisotopic (exact) mass is 772 g/mol. The number of nitrogens with one attached hydrogen (secondary N) is 5. The number of amides is 7. The highest BCUT2D eigenvalue weighted by Gasteiger charge is 2.45. The van der Waals surface area contributed by atoms with Crippen LogP contribution in [0.5, 0.6) is 0 Å². The molecule has 1 aromatic carbocycles. The van der Waals surface area contributed by atoms with Crippen molar-refractivity contribution < 1.29 is 38.7 Å². The number of rotatable bonds is 4. The Balaban J connectivity index is 1.72. The molecule has 53 heavy (non-hydrogen) atoms. The van der Waals surface area contributed by atoms with Gasteiger partial charge in [0.05, 0.1) is 11.9 Å². The average Bonchev–Trinajstić information content (AvgIpc) is 3.71. The Hall–Kier alpha value is -4.52. The van der Waals surface area contributed by atoms with E-state index in [0.29, 0.717) is 5.56 Å². The largest absolute Gasteiger partial charge is 0.391 e. The molecule has 4 rings (SSSR count). The molecule has 2 aliphatic heterocycles. The smallest absolute Gasteiger partial charge is 0.247 e. The summed E-state index contributed by atoms with van der Waals surface area (Å²) in [6.07, 6.45) is -1.19. The summed E-state index contributed by atoms with van der Waals surface area (Å²) in [5, 5.41) is 25.6. The molecule has 0 radical (unpaired) electrons. The number of aliphatic hydroxyl groups excluding tert-OH is 1. The molecule has 7 atom stereocenters. The van der Waals surface area contributed by atoms with E-state index in [-0.39, 0.29) is 31.0 Å². The lowest BCUT2D eigenvalue weighted by molar-refractivity contribution is -0.144. The zero-order valence-corrected chi connectivity index (χ0v) is 31.9. The fraction of sp³-hybridized carbons (Fsp3) is 0.514. The molecule has 2 aliphatic rings. The first kappa shape index (κ1) is 41.2. The number of fused-ring (bicyclic) bond motifs is 1. The summed E-state index contributed by atoms with van der Waals surface area (Å²) in [6.45, 7) is 8.00. The van der Waals surface area contributed by atoms with Gasteiger partial charge in [-0.25, -0.2) is 0 Å². The van der Waals surface area contributed by atoms with Gasteiger partial charge >= 0.3 is 0 Å². The van der Waals surface area contributed by atoms with Crippen molar-refractivity contribution in [2.45, 2.75) is 83.4 Å². The van der Waals surface area contributed by atoms with Crippen molar-refractivity contribution in [2.24, 2.45) is 16.9 Å². The maximum atomic E-state index is 14.1. The van der Waals surface area contributed by atoms with Gasteiger partial charge in [0.1, 0.15) is 36.3 Å². The minimum atomic E-state index is -1.36. The van der Waals surface area contributed by atoms with Crippen LogP contribution in [0.2, 0.25) is 0 Å². The Bertz CT molecular complexity index is 1710. The zero-order valence-electron chi connectivity index (χ0n) is 30.3. The second kappa shape index (κ2) is 17.5. The van der Waals surface area contributed by atoms with Crippen LogP contribution >= 0.6 is 23.1 Å². The molecule has 0 bridgehead atoms. The normalized spacial score (nSPS) is 27.4. The average molecular weight is 773 g/mol. The number of aliphatic hydroxyl groups is 1. The highest BCUT2D eigenvalue weighted by Crippen LogP contribution is 2.31. The van der Waals surface area contributed by atoms with E-state index in [1.165, 1.54) is 11.8 Å². The number of nitrogens with zero attached hydrogens (tertiary/aromatic N) is 1. The maximum Gasteiger partial charge on any atom is 0.247 e. The summed E-state index contributed by atoms with van der Waals surface area (Å²) in [7, 11) is 0. The molecular weight excluding hydrogens is 725 g/mol. The lowest BCUT2D eigenvalue weighted by Crippen LogP contribution is -2.59. The Kier molecular flexibility index (Phi) is 13.6. The van der Waals surface area contributed by atoms with Crippen LogP contribution in [-0.4, -0.2) is 112 Å². The van der Waals surface area contributed by atoms with Crippen LogP contribution in [0.1, 0.15) is 51.3 Å². The maximum absolute atomic E-state index is 14.1. The van der Waals surface area contributed by atoms with Crippen LogP contribution in [-0.2, 0) is 33.6 Å². The van der Waals surface area contributed by atoms with Crippen LogP contribution in [0.4, 0.5) is 0 Å². The number of aryl methyl sites for hydroxylation is 1. The highest BCUT2D eigenvalue weighted by molar-refractivity contribution is 8.00. The van der Waals surface area contributed by atoms with Gasteiger partial charge < -0.3 is 48.1 Å². The van der Waals surface area contributed by atoms with Crippen molar-refractivity contribution in [3.05, 3.63) is 46.8 Å². The van der Waals surface area contributed by atoms with Gasteiger partial charge in [-0.3, -0.25) is 33.6 Å². The molecular formula is C35H48N8O8S2. The van der Waals surface area contributed by atoms with Crippen molar-refractivity contribution in [3.8, 4) is 10.4 Å². The van der Waals surface area contributed by atoms with Crippen molar-refractivity contribution in [3.63, 3.8) is 0 Å². The predicted molar refractivity (Wildman–Crippen MR) is 200 cm³/mol. The Morgan fingerprint density at radius 2 is 1.60 bits per heavy atom. The Morgan fingerprint density at radius 1 is 0.925 bits per heavy atom. The first-order valence-electron chi connectivity index (χ1n) is 17.1. The molecule has 1 unspecified atom stereocenters. The third kappa shape index (κ3) is 10.3. The van der Waals surface area contributed by atoms with E-state index in [4.69, 9.17) is 11.5 Å². The fourth-order valence-corrected chi connectivity index (χ4v) is 7.79. The van der Waals surface area contributed by atoms with Crippen LogP contribution in [0, 0.1) is 12.3 Å². The SMILES string of the molecule is Cc1ccsc1-c1ccc(C2NC(=O)[C@@H]3C[C@@H](O)CN3C(=O)[C@H](C(C)(C)C)NC(=O)CSC[C@H](C(N)=O)NC(=O)[C@@H](CN)NC(=O)[C@H](C)NC2=O)cc1. The van der Waals surface area contributed by atoms with Gasteiger partial charge in [-0.15, -0.1) is 23.1 Å². The molecule has 1 aromatic heterocycles. The lowest BCUT2D eigenvalue weighted by Gasteiger charge is -2.35. The number of primary amides is 1. The lowest BCUT2D eigenvalue weighted by atomic mass is 9.85. The first-order valence-corrected chi connectivity index (χ1v) is 19.2. The Morgan fingerprint density at radius 3 is 2.19 bits per heavy atom. The molecule has 0 saturated carbocycles. The van der Waals surface area contributed by atoms with Crippen molar-refractivity contribution >= 4 is 64.4 Å². The van der Waals surface area contributed by atoms with Crippen LogP contribution < -0.4 is 38.1 Å². The minimum absolute atomic E-state index is 0.115. The van der Waals surface area contributed by atoms with Gasteiger partial charge in [-0.1, -0.05) is 45.0 Å². The van der Waals surface area contributed by atoms with Gasteiger partial charge in [0.2, 0.25) is 41.4 Å².